The molecule has 0 saturated carbocycles. The quantitative estimate of drug-likeness (QED) is 0.428. The summed E-state index contributed by atoms with van der Waals surface area (Å²) in [7, 11) is 2.56. The minimum Gasteiger partial charge on any atom is -0.494 e. The van der Waals surface area contributed by atoms with Gasteiger partial charge in [-0.2, -0.15) is 5.10 Å². The highest BCUT2D eigenvalue weighted by Gasteiger charge is 2.21. The second kappa shape index (κ2) is 10.6. The number of hydrogen-bond donors (Lipinski definition) is 3. The first-order chi connectivity index (χ1) is 16.5. The third kappa shape index (κ3) is 5.51. The number of halogens is 2. The number of aliphatic hydroxyl groups is 1. The molecule has 3 heterocycles. The summed E-state index contributed by atoms with van der Waals surface area (Å²) >= 11 is 0. The van der Waals surface area contributed by atoms with E-state index in [1.165, 1.54) is 26.6 Å². The third-order valence-electron chi connectivity index (χ3n) is 5.50. The minimum absolute atomic E-state index is 0.149. The fourth-order valence-corrected chi connectivity index (χ4v) is 3.61. The van der Waals surface area contributed by atoms with Gasteiger partial charge in [0.25, 0.3) is 0 Å². The molecular weight excluding hydrogens is 450 g/mol. The zero-order chi connectivity index (χ0) is 24.1. The average Bonchev–Trinajstić information content (AvgIpc) is 3.28. The lowest BCUT2D eigenvalue weighted by atomic mass is 10.1. The van der Waals surface area contributed by atoms with Crippen molar-refractivity contribution in [3.05, 3.63) is 47.4 Å². The molecule has 0 amide bonds. The monoisotopic (exact) mass is 476 g/mol. The first-order valence-electron chi connectivity index (χ1n) is 10.7. The largest absolute Gasteiger partial charge is 0.494 e. The highest BCUT2D eigenvalue weighted by Crippen LogP contribution is 2.32. The molecule has 10 nitrogen and oxygen atoms in total. The number of anilines is 2. The number of aromatic amines is 1. The van der Waals surface area contributed by atoms with E-state index >= 15 is 0 Å². The molecule has 3 N–H and O–H groups in total. The summed E-state index contributed by atoms with van der Waals surface area (Å²) < 4.78 is 44.2. The zero-order valence-electron chi connectivity index (χ0n) is 18.8. The fourth-order valence-electron chi connectivity index (χ4n) is 3.61. The van der Waals surface area contributed by atoms with Crippen LogP contribution in [0.1, 0.15) is 24.1 Å². The average molecular weight is 476 g/mol. The maximum Gasteiger partial charge on any atom is 0.228 e. The van der Waals surface area contributed by atoms with Gasteiger partial charge < -0.3 is 24.6 Å². The van der Waals surface area contributed by atoms with Gasteiger partial charge in [-0.25, -0.2) is 18.7 Å². The van der Waals surface area contributed by atoms with Crippen LogP contribution in [0.2, 0.25) is 0 Å². The van der Waals surface area contributed by atoms with Crippen molar-refractivity contribution < 1.29 is 28.1 Å². The van der Waals surface area contributed by atoms with Gasteiger partial charge in [-0.1, -0.05) is 0 Å². The first kappa shape index (κ1) is 23.6. The SMILES string of the molecule is COc1cc(OC)c(F)c(COc2cnc(Nc3cc(CN4CCC(O)CC4)n[nH]3)nc2)c1F. The highest BCUT2D eigenvalue weighted by atomic mass is 19.1. The molecule has 12 heteroatoms. The van der Waals surface area contributed by atoms with Crippen LogP contribution in [0.5, 0.6) is 17.2 Å². The molecule has 0 bridgehead atoms. The summed E-state index contributed by atoms with van der Waals surface area (Å²) in [6.07, 6.45) is 4.09. The van der Waals surface area contributed by atoms with Crippen molar-refractivity contribution in [1.82, 2.24) is 25.1 Å². The van der Waals surface area contributed by atoms with E-state index in [1.807, 2.05) is 6.07 Å². The molecule has 0 unspecified atom stereocenters. The van der Waals surface area contributed by atoms with Crippen LogP contribution in [0.15, 0.2) is 24.5 Å². The zero-order valence-corrected chi connectivity index (χ0v) is 18.8. The molecule has 1 aliphatic heterocycles. The molecule has 182 valence electrons. The summed E-state index contributed by atoms with van der Waals surface area (Å²) in [5.74, 6) is -0.887. The number of hydrogen-bond acceptors (Lipinski definition) is 9. The van der Waals surface area contributed by atoms with E-state index in [2.05, 4.69) is 30.4 Å². The maximum absolute atomic E-state index is 14.5. The fraction of sp³-hybridized carbons (Fsp3) is 0.409. The van der Waals surface area contributed by atoms with Gasteiger partial charge in [0.2, 0.25) is 5.95 Å². The van der Waals surface area contributed by atoms with Crippen molar-refractivity contribution in [3.63, 3.8) is 0 Å². The number of likely N-dealkylation sites (tertiary alicyclic amines) is 1. The molecule has 0 radical (unpaired) electrons. The number of methoxy groups -OCH3 is 2. The highest BCUT2D eigenvalue weighted by molar-refractivity contribution is 5.48. The lowest BCUT2D eigenvalue weighted by Crippen LogP contribution is -2.35. The van der Waals surface area contributed by atoms with Gasteiger partial charge in [0.05, 0.1) is 44.0 Å². The van der Waals surface area contributed by atoms with Crippen molar-refractivity contribution in [3.8, 4) is 17.2 Å². The van der Waals surface area contributed by atoms with Crippen LogP contribution in [0.3, 0.4) is 0 Å². The number of rotatable bonds is 9. The molecule has 1 saturated heterocycles. The van der Waals surface area contributed by atoms with Gasteiger partial charge in [0.1, 0.15) is 12.4 Å². The summed E-state index contributed by atoms with van der Waals surface area (Å²) in [5.41, 5.74) is 0.531. The first-order valence-corrected chi connectivity index (χ1v) is 10.7. The summed E-state index contributed by atoms with van der Waals surface area (Å²) in [5, 5.41) is 19.8. The second-order valence-corrected chi connectivity index (χ2v) is 7.82. The topological polar surface area (TPSA) is 118 Å². The van der Waals surface area contributed by atoms with E-state index < -0.39 is 18.2 Å². The van der Waals surface area contributed by atoms with E-state index in [0.717, 1.165) is 37.7 Å². The summed E-state index contributed by atoms with van der Waals surface area (Å²) in [4.78, 5) is 10.6. The number of benzene rings is 1. The summed E-state index contributed by atoms with van der Waals surface area (Å²) in [6.45, 7) is 1.94. The predicted octanol–water partition coefficient (Wildman–Crippen LogP) is 2.77. The number of aliphatic hydroxyl groups excluding tert-OH is 1. The molecule has 34 heavy (non-hydrogen) atoms. The van der Waals surface area contributed by atoms with Crippen molar-refractivity contribution in [2.24, 2.45) is 0 Å². The third-order valence-corrected chi connectivity index (χ3v) is 5.50. The number of nitrogens with one attached hydrogen (secondary N) is 2. The molecule has 1 fully saturated rings. The Kier molecular flexibility index (Phi) is 7.38. The Balaban J connectivity index is 1.34. The molecule has 3 aromatic rings. The van der Waals surface area contributed by atoms with E-state index in [4.69, 9.17) is 14.2 Å². The normalized spacial score (nSPS) is 14.7. The number of piperidine rings is 1. The van der Waals surface area contributed by atoms with E-state index in [-0.39, 0.29) is 28.9 Å². The molecule has 0 aliphatic carbocycles. The standard InChI is InChI=1S/C22H26F2N6O4/c1-32-17-8-18(33-2)21(24)16(20(17)23)12-34-15-9-25-22(26-10-15)27-19-7-13(28-29-19)11-30-5-3-14(31)4-6-30/h7-10,14,31H,3-6,11-12H2,1-2H3,(H2,25,26,27,28,29). The Morgan fingerprint density at radius 3 is 2.35 bits per heavy atom. The number of nitrogens with zero attached hydrogens (tertiary/aromatic N) is 4. The Bertz CT molecular complexity index is 1080. The van der Waals surface area contributed by atoms with Gasteiger partial charge >= 0.3 is 0 Å². The Morgan fingerprint density at radius 1 is 1.09 bits per heavy atom. The van der Waals surface area contributed by atoms with Crippen LogP contribution < -0.4 is 19.5 Å². The number of H-pyrrole nitrogens is 1. The molecule has 0 atom stereocenters. The van der Waals surface area contributed by atoms with Gasteiger partial charge in [-0.15, -0.1) is 0 Å². The number of ether oxygens (including phenoxy) is 3. The predicted molar refractivity (Wildman–Crippen MR) is 118 cm³/mol. The smallest absolute Gasteiger partial charge is 0.228 e. The molecular formula is C22H26F2N6O4. The second-order valence-electron chi connectivity index (χ2n) is 7.82. The maximum atomic E-state index is 14.5. The Labute approximate surface area is 194 Å². The minimum atomic E-state index is -0.865. The number of aromatic nitrogens is 4. The van der Waals surface area contributed by atoms with Crippen LogP contribution in [0.25, 0.3) is 0 Å². The molecule has 1 aromatic carbocycles. The molecule has 4 rings (SSSR count). The Morgan fingerprint density at radius 2 is 1.74 bits per heavy atom. The lowest BCUT2D eigenvalue weighted by Gasteiger charge is -2.28. The van der Waals surface area contributed by atoms with Crippen molar-refractivity contribution in [1.29, 1.82) is 0 Å². The van der Waals surface area contributed by atoms with Gasteiger partial charge in [-0.05, 0) is 12.8 Å². The van der Waals surface area contributed by atoms with Crippen molar-refractivity contribution in [2.45, 2.75) is 32.1 Å². The van der Waals surface area contributed by atoms with Crippen LogP contribution >= 0.6 is 0 Å². The Hall–Kier alpha value is -3.51. The van der Waals surface area contributed by atoms with E-state index in [9.17, 15) is 13.9 Å². The van der Waals surface area contributed by atoms with Crippen LogP contribution in [0, 0.1) is 11.6 Å². The molecule has 2 aromatic heterocycles. The van der Waals surface area contributed by atoms with E-state index in [0.29, 0.717) is 18.3 Å². The van der Waals surface area contributed by atoms with Crippen LogP contribution in [0.4, 0.5) is 20.5 Å². The van der Waals surface area contributed by atoms with Crippen molar-refractivity contribution >= 4 is 11.8 Å². The van der Waals surface area contributed by atoms with Crippen molar-refractivity contribution in [2.75, 3.05) is 32.6 Å². The van der Waals surface area contributed by atoms with Crippen LogP contribution in [-0.2, 0) is 13.2 Å². The summed E-state index contributed by atoms with van der Waals surface area (Å²) in [6, 6.07) is 3.00. The van der Waals surface area contributed by atoms with Gasteiger partial charge in [-0.3, -0.25) is 10.00 Å². The van der Waals surface area contributed by atoms with Crippen LogP contribution in [-0.4, -0.2) is 63.6 Å². The lowest BCUT2D eigenvalue weighted by molar-refractivity contribution is 0.0786. The van der Waals surface area contributed by atoms with E-state index in [1.54, 1.807) is 0 Å². The van der Waals surface area contributed by atoms with Gasteiger partial charge in [0.15, 0.2) is 28.9 Å². The van der Waals surface area contributed by atoms with Gasteiger partial charge in [0, 0.05) is 31.8 Å². The molecule has 0 spiro atoms. The molecule has 1 aliphatic rings.